The van der Waals surface area contributed by atoms with Crippen LogP contribution in [0.1, 0.15) is 48.9 Å². The van der Waals surface area contributed by atoms with Crippen molar-refractivity contribution in [3.63, 3.8) is 0 Å². The summed E-state index contributed by atoms with van der Waals surface area (Å²) in [6.45, 7) is 6.32. The number of fused-ring (bicyclic) bond motifs is 12. The third-order valence-corrected chi connectivity index (χ3v) is 25.4. The molecule has 18 aromatic rings. The summed E-state index contributed by atoms with van der Waals surface area (Å²) in [6, 6.07) is 154. The molecule has 0 N–H and O–H groups in total. The minimum atomic E-state index is -0.464. The van der Waals surface area contributed by atoms with E-state index in [2.05, 4.69) is 443 Å². The molecule has 0 unspecified atom stereocenters. The molecule has 1 aliphatic carbocycles. The topological polar surface area (TPSA) is 24.9 Å². The molecule has 18 aromatic carbocycles. The lowest BCUT2D eigenvalue weighted by Gasteiger charge is -2.48. The van der Waals surface area contributed by atoms with Crippen LogP contribution in [-0.2, 0) is 5.41 Å². The minimum absolute atomic E-state index is 0.0828. The van der Waals surface area contributed by atoms with Crippen molar-refractivity contribution in [2.45, 2.75) is 32.1 Å². The third kappa shape index (κ3) is 11.5. The molecule has 0 saturated heterocycles. The fourth-order valence-electron chi connectivity index (χ4n) is 19.9. The summed E-state index contributed by atoms with van der Waals surface area (Å²) in [4.78, 5) is 5.39. The first kappa shape index (κ1) is 69.8. The van der Waals surface area contributed by atoms with E-state index in [9.17, 15) is 0 Å². The summed E-state index contributed by atoms with van der Waals surface area (Å²) in [5, 5.41) is 0. The number of benzene rings is 18. The van der Waals surface area contributed by atoms with Crippen molar-refractivity contribution in [1.29, 1.82) is 0 Å². The van der Waals surface area contributed by atoms with Gasteiger partial charge in [0.15, 0.2) is 0 Å². The first-order chi connectivity index (χ1) is 58.7. The van der Waals surface area contributed by atoms with Gasteiger partial charge in [-0.3, -0.25) is 0 Å². The standard InChI is InChI=1S/C113H78B2N2O2/c1-113(2,3)86-69-100-106-101(70-86)117(109-87(76-41-19-8-20-42-76)55-31-56-88(109)77-43-21-9-22-44-77)102-71-104-108-112(118-103-62-60-81(74-37-15-6-16-38-74)66-97(103)114(108)98-67-85(75-39-17-7-18-40-75)65-95(111(98)119-104)78-45-23-10-24-46-78)107(102)115(106)96-61-59-84(105-93-53-27-25-51-91(93)92-52-26-28-54-94(92)105)68-99(96)116(100)110-89(82-49-29-47-79(63-82)72-33-11-4-12-34-72)57-32-58-90(110)83-50-30-48-80(64-83)73-35-13-5-14-36-73/h4-71,105H,1-3H3. The highest BCUT2D eigenvalue weighted by molar-refractivity contribution is 7.03. The molecular formula is C113H78B2N2O2. The van der Waals surface area contributed by atoms with Gasteiger partial charge in [0.05, 0.1) is 11.4 Å². The number of nitrogens with zero attached hydrogens (tertiary/aromatic N) is 2. The highest BCUT2D eigenvalue weighted by Gasteiger charge is 2.52. The Bertz CT molecular complexity index is 6890. The molecule has 4 heterocycles. The van der Waals surface area contributed by atoms with E-state index in [1.54, 1.807) is 0 Å². The van der Waals surface area contributed by atoms with Crippen LogP contribution in [0.15, 0.2) is 413 Å². The Morgan fingerprint density at radius 2 is 0.622 bits per heavy atom. The van der Waals surface area contributed by atoms with E-state index in [4.69, 9.17) is 9.47 Å². The van der Waals surface area contributed by atoms with Gasteiger partial charge >= 0.3 is 0 Å². The van der Waals surface area contributed by atoms with Crippen LogP contribution >= 0.6 is 0 Å². The van der Waals surface area contributed by atoms with Crippen LogP contribution in [0, 0.1) is 0 Å². The lowest BCUT2D eigenvalue weighted by atomic mass is 9.30. The maximum absolute atomic E-state index is 8.30. The van der Waals surface area contributed by atoms with Crippen LogP contribution in [0.4, 0.5) is 34.1 Å². The molecule has 23 rings (SSSR count). The normalized spacial score (nSPS) is 13.0. The highest BCUT2D eigenvalue weighted by atomic mass is 16.5. The fourth-order valence-corrected chi connectivity index (χ4v) is 19.9. The first-order valence-electron chi connectivity index (χ1n) is 41.5. The number of ether oxygens (including phenoxy) is 2. The van der Waals surface area contributed by atoms with Gasteiger partial charge in [0.1, 0.15) is 23.0 Å². The number of hydrogen-bond acceptors (Lipinski definition) is 4. The summed E-state index contributed by atoms with van der Waals surface area (Å²) in [6.07, 6.45) is 0. The Morgan fingerprint density at radius 3 is 1.13 bits per heavy atom. The molecule has 6 heteroatoms. The van der Waals surface area contributed by atoms with Crippen LogP contribution < -0.4 is 52.1 Å². The Labute approximate surface area is 696 Å². The SMILES string of the molecule is CC(C)(C)c1cc2c3c(c1)N(c1c(-c4ccccc4)cccc1-c1ccccc1)c1cc4c5c(c1B3c1ccc(C3c6ccccc6-c6ccccc63)cc1N2c1c(-c2cccc(-c3ccccc3)c2)cccc1-c1cccc(-c2ccccc2)c1)Oc1ccc(-c2ccccc2)cc1B5c1cc(-c2ccccc2)cc(-c2ccccc2)c1O4. The number of anilines is 6. The van der Waals surface area contributed by atoms with Crippen LogP contribution in [0.25, 0.3) is 111 Å². The molecule has 5 aliphatic rings. The summed E-state index contributed by atoms with van der Waals surface area (Å²) in [5.74, 6) is 3.09. The molecule has 0 atom stereocenters. The maximum atomic E-state index is 8.30. The van der Waals surface area contributed by atoms with Gasteiger partial charge < -0.3 is 19.3 Å². The minimum Gasteiger partial charge on any atom is -0.459 e. The van der Waals surface area contributed by atoms with E-state index in [1.165, 1.54) is 33.4 Å². The fraction of sp³-hybridized carbons (Fsp3) is 0.0442. The lowest BCUT2D eigenvalue weighted by Crippen LogP contribution is -2.65. The zero-order valence-electron chi connectivity index (χ0n) is 66.2. The molecule has 558 valence electrons. The monoisotopic (exact) mass is 1520 g/mol. The van der Waals surface area contributed by atoms with Gasteiger partial charge in [-0.2, -0.15) is 0 Å². The van der Waals surface area contributed by atoms with Crippen LogP contribution in [0.3, 0.4) is 0 Å². The van der Waals surface area contributed by atoms with E-state index in [0.29, 0.717) is 0 Å². The van der Waals surface area contributed by atoms with Crippen LogP contribution in [0.5, 0.6) is 23.0 Å². The van der Waals surface area contributed by atoms with Gasteiger partial charge in [-0.1, -0.05) is 385 Å². The summed E-state index contributed by atoms with van der Waals surface area (Å²) < 4.78 is 16.4. The zero-order valence-corrected chi connectivity index (χ0v) is 66.2. The molecule has 0 fully saturated rings. The van der Waals surface area contributed by atoms with Crippen LogP contribution in [-0.4, -0.2) is 13.4 Å². The Balaban J connectivity index is 0.888. The van der Waals surface area contributed by atoms with Gasteiger partial charge in [-0.05, 0) is 181 Å². The van der Waals surface area contributed by atoms with Crippen LogP contribution in [0.2, 0.25) is 0 Å². The van der Waals surface area contributed by atoms with Crippen molar-refractivity contribution in [3.8, 4) is 134 Å². The molecule has 0 bridgehead atoms. The second kappa shape index (κ2) is 28.0. The Kier molecular flexibility index (Phi) is 16.4. The quantitative estimate of drug-likeness (QED) is 0.114. The zero-order chi connectivity index (χ0) is 79.0. The highest BCUT2D eigenvalue weighted by Crippen LogP contribution is 2.58. The Hall–Kier alpha value is -14.7. The smallest absolute Gasteiger partial charge is 0.260 e. The Morgan fingerprint density at radius 1 is 0.235 bits per heavy atom. The van der Waals surface area contributed by atoms with Crippen molar-refractivity contribution in [1.82, 2.24) is 0 Å². The second-order valence-electron chi connectivity index (χ2n) is 33.2. The largest absolute Gasteiger partial charge is 0.459 e. The summed E-state index contributed by atoms with van der Waals surface area (Å²) in [5.41, 5.74) is 39.9. The molecular weight excluding hydrogens is 1440 g/mol. The molecule has 0 aromatic heterocycles. The van der Waals surface area contributed by atoms with Gasteiger partial charge in [0.2, 0.25) is 0 Å². The molecule has 4 aliphatic heterocycles. The average molecular weight is 1520 g/mol. The van der Waals surface area contributed by atoms with Crippen molar-refractivity contribution in [3.05, 3.63) is 435 Å². The third-order valence-electron chi connectivity index (χ3n) is 25.4. The van der Waals surface area contributed by atoms with E-state index in [1.807, 2.05) is 0 Å². The van der Waals surface area contributed by atoms with Crippen molar-refractivity contribution < 1.29 is 9.47 Å². The van der Waals surface area contributed by atoms with Gasteiger partial charge in [0.25, 0.3) is 13.4 Å². The van der Waals surface area contributed by atoms with E-state index < -0.39 is 12.1 Å². The van der Waals surface area contributed by atoms with Gasteiger partial charge in [-0.25, -0.2) is 0 Å². The molecule has 4 nitrogen and oxygen atoms in total. The summed E-state index contributed by atoms with van der Waals surface area (Å²) in [7, 11) is 0. The van der Waals surface area contributed by atoms with Crippen molar-refractivity contribution in [2.24, 2.45) is 0 Å². The number of para-hydroxylation sites is 2. The van der Waals surface area contributed by atoms with Crippen molar-refractivity contribution >= 4 is 80.3 Å². The maximum Gasteiger partial charge on any atom is 0.260 e. The molecule has 0 spiro atoms. The summed E-state index contributed by atoms with van der Waals surface area (Å²) >= 11 is 0. The van der Waals surface area contributed by atoms with E-state index in [-0.39, 0.29) is 12.6 Å². The van der Waals surface area contributed by atoms with Gasteiger partial charge in [-0.15, -0.1) is 0 Å². The molecule has 0 saturated carbocycles. The predicted octanol–water partition coefficient (Wildman–Crippen LogP) is 26.0. The second-order valence-corrected chi connectivity index (χ2v) is 33.2. The predicted molar refractivity (Wildman–Crippen MR) is 499 cm³/mol. The molecule has 0 amide bonds. The van der Waals surface area contributed by atoms with Crippen molar-refractivity contribution in [2.75, 3.05) is 9.80 Å². The number of rotatable bonds is 12. The van der Waals surface area contributed by atoms with E-state index >= 15 is 0 Å². The van der Waals surface area contributed by atoms with Gasteiger partial charge in [0, 0.05) is 68.0 Å². The lowest BCUT2D eigenvalue weighted by molar-refractivity contribution is 0.468. The first-order valence-corrected chi connectivity index (χ1v) is 41.5. The van der Waals surface area contributed by atoms with E-state index in [0.717, 1.165) is 190 Å². The number of hydrogen-bond donors (Lipinski definition) is 0. The molecule has 119 heavy (non-hydrogen) atoms. The molecule has 0 radical (unpaired) electrons. The average Bonchev–Trinajstić information content (AvgIpc) is 0.917.